The lowest BCUT2D eigenvalue weighted by molar-refractivity contribution is -0.143. The monoisotopic (exact) mass is 602 g/mol. The van der Waals surface area contributed by atoms with Gasteiger partial charge in [-0.3, -0.25) is 4.79 Å². The highest BCUT2D eigenvalue weighted by Gasteiger charge is 2.63. The van der Waals surface area contributed by atoms with E-state index in [1.165, 1.54) is 24.3 Å². The lowest BCUT2D eigenvalue weighted by Gasteiger charge is -2.66. The summed E-state index contributed by atoms with van der Waals surface area (Å²) in [6, 6.07) is 8.71. The van der Waals surface area contributed by atoms with Crippen molar-refractivity contribution in [2.75, 3.05) is 24.2 Å². The quantitative estimate of drug-likeness (QED) is 0.346. The molecule has 7 rings (SSSR count). The molecule has 0 spiro atoms. The molecule has 2 heterocycles. The zero-order valence-corrected chi connectivity index (χ0v) is 24.0. The lowest BCUT2D eigenvalue weighted by atomic mass is 9.38. The second kappa shape index (κ2) is 11.2. The Labute approximate surface area is 244 Å². The molecule has 2 aliphatic heterocycles. The number of carboxylic acid groups (broad SMARTS) is 1. The van der Waals surface area contributed by atoms with Crippen LogP contribution in [0.5, 0.6) is 0 Å². The van der Waals surface area contributed by atoms with Crippen LogP contribution in [0.15, 0.2) is 42.5 Å². The van der Waals surface area contributed by atoms with E-state index >= 15 is 4.39 Å². The van der Waals surface area contributed by atoms with Gasteiger partial charge in [0.1, 0.15) is 17.7 Å². The molecule has 4 N–H and O–H groups in total. The Morgan fingerprint density at radius 2 is 1.86 bits per heavy atom. The number of halogens is 2. The van der Waals surface area contributed by atoms with E-state index in [1.807, 2.05) is 0 Å². The van der Waals surface area contributed by atoms with Gasteiger partial charge in [-0.2, -0.15) is 4.31 Å². The predicted octanol–water partition coefficient (Wildman–Crippen LogP) is 3.82. The van der Waals surface area contributed by atoms with Crippen LogP contribution in [0.25, 0.3) is 0 Å². The normalized spacial score (nSPS) is 30.5. The molecular weight excluding hydrogens is 566 g/mol. The number of nitrogens with one attached hydrogen (secondary N) is 3. The third-order valence-electron chi connectivity index (χ3n) is 9.74. The van der Waals surface area contributed by atoms with E-state index in [1.54, 1.807) is 22.5 Å². The molecule has 2 aromatic rings. The van der Waals surface area contributed by atoms with Crippen molar-refractivity contribution in [3.63, 3.8) is 0 Å². The average Bonchev–Trinajstić information content (AvgIpc) is 3.00. The molecule has 5 fully saturated rings. The van der Waals surface area contributed by atoms with Crippen molar-refractivity contribution in [1.82, 2.24) is 14.9 Å². The smallest absolute Gasteiger partial charge is 0.405 e. The van der Waals surface area contributed by atoms with Gasteiger partial charge in [0.05, 0.1) is 5.75 Å². The third-order valence-corrected chi connectivity index (χ3v) is 11.7. The molecule has 2 amide bonds. The van der Waals surface area contributed by atoms with Crippen molar-refractivity contribution in [3.05, 3.63) is 65.2 Å². The van der Waals surface area contributed by atoms with E-state index in [2.05, 4.69) is 16.0 Å². The predicted molar refractivity (Wildman–Crippen MR) is 153 cm³/mol. The van der Waals surface area contributed by atoms with Gasteiger partial charge in [-0.1, -0.05) is 18.2 Å². The number of benzene rings is 2. The molecule has 3 aliphatic carbocycles. The van der Waals surface area contributed by atoms with Crippen molar-refractivity contribution in [2.24, 2.45) is 11.3 Å². The summed E-state index contributed by atoms with van der Waals surface area (Å²) in [6.07, 6.45) is 3.13. The first-order valence-electron chi connectivity index (χ1n) is 14.6. The summed E-state index contributed by atoms with van der Waals surface area (Å²) >= 11 is 0. The first kappa shape index (κ1) is 29.0. The van der Waals surface area contributed by atoms with E-state index in [0.29, 0.717) is 37.4 Å². The summed E-state index contributed by atoms with van der Waals surface area (Å²) in [7, 11) is -3.41. The van der Waals surface area contributed by atoms with Crippen LogP contribution in [0, 0.1) is 23.0 Å². The van der Waals surface area contributed by atoms with Crippen LogP contribution in [-0.2, 0) is 21.2 Å². The van der Waals surface area contributed by atoms with Crippen molar-refractivity contribution < 1.29 is 31.9 Å². The number of anilines is 1. The minimum absolute atomic E-state index is 0.0953. The summed E-state index contributed by atoms with van der Waals surface area (Å²) in [6.45, 7) is 0.858. The molecule has 0 radical (unpaired) electrons. The van der Waals surface area contributed by atoms with Crippen LogP contribution in [0.4, 0.5) is 19.3 Å². The van der Waals surface area contributed by atoms with Crippen molar-refractivity contribution in [2.45, 2.75) is 69.0 Å². The van der Waals surface area contributed by atoms with Crippen LogP contribution < -0.4 is 16.0 Å². The summed E-state index contributed by atoms with van der Waals surface area (Å²) < 4.78 is 56.3. The maximum atomic E-state index is 15.2. The second-order valence-electron chi connectivity index (χ2n) is 12.4. The Bertz CT molecular complexity index is 1450. The Hall–Kier alpha value is -3.09. The fourth-order valence-electron chi connectivity index (χ4n) is 7.63. The fraction of sp³-hybridized carbons (Fsp3) is 0.533. The molecule has 3 unspecified atom stereocenters. The van der Waals surface area contributed by atoms with Crippen LogP contribution >= 0.6 is 0 Å². The number of nitrogens with zero attached hydrogens (tertiary/aromatic N) is 1. The summed E-state index contributed by atoms with van der Waals surface area (Å²) in [5, 5.41) is 18.3. The van der Waals surface area contributed by atoms with Crippen LogP contribution in [0.1, 0.15) is 55.6 Å². The number of carbonyl (C=O) groups is 2. The Balaban J connectivity index is 1.24. The molecule has 2 saturated heterocycles. The van der Waals surface area contributed by atoms with Gasteiger partial charge < -0.3 is 21.1 Å². The molecular formula is C30H36F2N4O5S. The molecule has 12 heteroatoms. The first-order valence-corrected chi connectivity index (χ1v) is 16.2. The molecule has 3 saturated carbocycles. The van der Waals surface area contributed by atoms with Gasteiger partial charge in [0, 0.05) is 42.3 Å². The summed E-state index contributed by atoms with van der Waals surface area (Å²) in [5.74, 6) is -1.47. The largest absolute Gasteiger partial charge is 0.465 e. The molecule has 4 bridgehead atoms. The SMILES string of the molecule is O=C(O)N[C@H](C(=O)Nc1cccc(F)c1CCC1CNC2CCCS(=O)(=O)N1C2)[C@@H](c1ccc(F)cc1)C12CC(C1)C2. The number of hydrogen-bond donors (Lipinski definition) is 4. The van der Waals surface area contributed by atoms with E-state index in [4.69, 9.17) is 0 Å². The highest BCUT2D eigenvalue weighted by Crippen LogP contribution is 2.71. The zero-order chi connectivity index (χ0) is 29.6. The molecule has 5 aliphatic rings. The van der Waals surface area contributed by atoms with Gasteiger partial charge in [-0.25, -0.2) is 22.0 Å². The van der Waals surface area contributed by atoms with Gasteiger partial charge in [0.15, 0.2) is 0 Å². The van der Waals surface area contributed by atoms with Gasteiger partial charge in [0.25, 0.3) is 0 Å². The van der Waals surface area contributed by atoms with Crippen molar-refractivity contribution in [1.29, 1.82) is 0 Å². The number of rotatable bonds is 9. The number of sulfonamides is 1. The maximum absolute atomic E-state index is 15.2. The summed E-state index contributed by atoms with van der Waals surface area (Å²) in [5.41, 5.74) is 0.859. The lowest BCUT2D eigenvalue weighted by Crippen LogP contribution is -2.62. The number of amides is 2. The number of carbonyl (C=O) groups excluding carboxylic acids is 1. The highest BCUT2D eigenvalue weighted by molar-refractivity contribution is 7.89. The topological polar surface area (TPSA) is 128 Å². The standard InChI is InChI=1S/C30H36F2N4O5S/c31-20-8-6-19(7-9-20)26(30-13-18(14-30)15-30)27(35-29(38)39)28(37)34-25-5-1-4-24(32)23(25)11-10-22-16-33-21-3-2-12-42(40,41)36(22)17-21/h1,4-9,18,21-22,26-27,33,35H,2-3,10-17H2,(H,34,37)(H,38,39)/t18?,21?,22?,26-,27+,30?/m1/s1. The van der Waals surface area contributed by atoms with Crippen LogP contribution in [0.2, 0.25) is 0 Å². The molecule has 2 aromatic carbocycles. The fourth-order valence-corrected chi connectivity index (χ4v) is 9.43. The van der Waals surface area contributed by atoms with Crippen LogP contribution in [-0.4, -0.2) is 66.8 Å². The van der Waals surface area contributed by atoms with Gasteiger partial charge in [-0.15, -0.1) is 0 Å². The van der Waals surface area contributed by atoms with Crippen molar-refractivity contribution in [3.8, 4) is 0 Å². The summed E-state index contributed by atoms with van der Waals surface area (Å²) in [4.78, 5) is 25.7. The molecule has 9 nitrogen and oxygen atoms in total. The van der Waals surface area contributed by atoms with E-state index in [-0.39, 0.29) is 40.9 Å². The Morgan fingerprint density at radius 3 is 2.52 bits per heavy atom. The molecule has 5 atom stereocenters. The first-order chi connectivity index (χ1) is 20.0. The van der Waals surface area contributed by atoms with Gasteiger partial charge in [0.2, 0.25) is 15.9 Å². The number of hydrogen-bond acceptors (Lipinski definition) is 5. The number of piperazine rings is 1. The molecule has 226 valence electrons. The van der Waals surface area contributed by atoms with Crippen molar-refractivity contribution >= 4 is 27.7 Å². The Morgan fingerprint density at radius 1 is 1.12 bits per heavy atom. The molecule has 42 heavy (non-hydrogen) atoms. The van der Waals surface area contributed by atoms with Gasteiger partial charge in [-0.05, 0) is 86.1 Å². The van der Waals surface area contributed by atoms with E-state index in [0.717, 1.165) is 25.7 Å². The zero-order valence-electron chi connectivity index (χ0n) is 23.2. The third kappa shape index (κ3) is 5.51. The second-order valence-corrected chi connectivity index (χ2v) is 14.4. The minimum atomic E-state index is -3.41. The Kier molecular flexibility index (Phi) is 7.73. The highest BCUT2D eigenvalue weighted by atomic mass is 32.2. The number of fused-ring (bicyclic) bond motifs is 2. The van der Waals surface area contributed by atoms with Crippen LogP contribution in [0.3, 0.4) is 0 Å². The van der Waals surface area contributed by atoms with E-state index < -0.39 is 45.6 Å². The molecule has 0 aromatic heterocycles. The minimum Gasteiger partial charge on any atom is -0.465 e. The average molecular weight is 603 g/mol. The maximum Gasteiger partial charge on any atom is 0.405 e. The van der Waals surface area contributed by atoms with E-state index in [9.17, 15) is 27.5 Å². The van der Waals surface area contributed by atoms with Gasteiger partial charge >= 0.3 is 6.09 Å².